The fourth-order valence-electron chi connectivity index (χ4n) is 3.20. The van der Waals surface area contributed by atoms with Crippen LogP contribution in [0.5, 0.6) is 5.75 Å². The van der Waals surface area contributed by atoms with Gasteiger partial charge in [-0.05, 0) is 63.9 Å². The fraction of sp³-hybridized carbons (Fsp3) is 0.130. The molecule has 7 nitrogen and oxygen atoms in total. The molecule has 0 spiro atoms. The number of methoxy groups -OCH3 is 1. The zero-order chi connectivity index (χ0) is 20.8. The summed E-state index contributed by atoms with van der Waals surface area (Å²) in [5.41, 5.74) is 4.30. The van der Waals surface area contributed by atoms with Gasteiger partial charge in [-0.25, -0.2) is 4.68 Å². The quantitative estimate of drug-likeness (QED) is 0.516. The summed E-state index contributed by atoms with van der Waals surface area (Å²) in [7, 11) is 1.64. The van der Waals surface area contributed by atoms with Crippen molar-refractivity contribution in [2.45, 2.75) is 6.42 Å². The van der Waals surface area contributed by atoms with Gasteiger partial charge in [0.25, 0.3) is 5.91 Å². The van der Waals surface area contributed by atoms with E-state index in [2.05, 4.69) is 20.8 Å². The largest absolute Gasteiger partial charge is 0.497 e. The van der Waals surface area contributed by atoms with E-state index in [9.17, 15) is 4.79 Å². The van der Waals surface area contributed by atoms with E-state index < -0.39 is 0 Å². The van der Waals surface area contributed by atoms with Crippen LogP contribution in [0.15, 0.2) is 79.1 Å². The Balaban J connectivity index is 1.54. The summed E-state index contributed by atoms with van der Waals surface area (Å²) in [6.45, 7) is 0.516. The van der Waals surface area contributed by atoms with Gasteiger partial charge in [0.05, 0.1) is 12.8 Å². The molecule has 0 saturated carbocycles. The molecule has 0 aliphatic rings. The molecule has 0 fully saturated rings. The number of hydrogen-bond acceptors (Lipinski definition) is 5. The second kappa shape index (κ2) is 9.00. The highest BCUT2D eigenvalue weighted by atomic mass is 16.5. The first-order valence-electron chi connectivity index (χ1n) is 9.58. The number of ether oxygens (including phenoxy) is 1. The predicted molar refractivity (Wildman–Crippen MR) is 114 cm³/mol. The van der Waals surface area contributed by atoms with E-state index in [0.717, 1.165) is 28.1 Å². The van der Waals surface area contributed by atoms with Crippen molar-refractivity contribution in [2.75, 3.05) is 13.7 Å². The number of tetrazole rings is 1. The normalized spacial score (nSPS) is 10.6. The maximum Gasteiger partial charge on any atom is 0.251 e. The summed E-state index contributed by atoms with van der Waals surface area (Å²) in [4.78, 5) is 12.9. The van der Waals surface area contributed by atoms with Crippen molar-refractivity contribution >= 4 is 5.91 Å². The zero-order valence-electron chi connectivity index (χ0n) is 16.5. The minimum atomic E-state index is -0.148. The van der Waals surface area contributed by atoms with E-state index in [1.54, 1.807) is 17.9 Å². The number of aromatic nitrogens is 4. The van der Waals surface area contributed by atoms with Crippen molar-refractivity contribution in [3.05, 3.63) is 90.3 Å². The number of nitrogens with zero attached hydrogens (tertiary/aromatic N) is 4. The lowest BCUT2D eigenvalue weighted by molar-refractivity contribution is 0.0954. The molecule has 4 rings (SSSR count). The van der Waals surface area contributed by atoms with E-state index >= 15 is 0 Å². The third-order valence-corrected chi connectivity index (χ3v) is 4.73. The van der Waals surface area contributed by atoms with Gasteiger partial charge in [0, 0.05) is 12.1 Å². The van der Waals surface area contributed by atoms with Crippen LogP contribution in [0.1, 0.15) is 15.9 Å². The standard InChI is InChI=1S/C23H21N5O2/c1-30-22-9-5-6-17(12-22)10-11-24-23(29)20-13-19(18-7-3-2-4-8-18)14-21(15-20)28-16-25-26-27-28/h2-9,12-16H,10-11H2,1H3,(H,24,29). The maximum atomic E-state index is 12.9. The molecular formula is C23H21N5O2. The molecule has 0 bridgehead atoms. The molecule has 0 aliphatic heterocycles. The molecule has 3 aromatic carbocycles. The minimum Gasteiger partial charge on any atom is -0.497 e. The van der Waals surface area contributed by atoms with Gasteiger partial charge in [-0.3, -0.25) is 4.79 Å². The van der Waals surface area contributed by atoms with Gasteiger partial charge in [0.1, 0.15) is 12.1 Å². The second-order valence-corrected chi connectivity index (χ2v) is 6.75. The van der Waals surface area contributed by atoms with Crippen molar-refractivity contribution in [3.8, 4) is 22.6 Å². The van der Waals surface area contributed by atoms with Gasteiger partial charge in [-0.1, -0.05) is 42.5 Å². The monoisotopic (exact) mass is 399 g/mol. The van der Waals surface area contributed by atoms with Gasteiger partial charge in [0.2, 0.25) is 0 Å². The third-order valence-electron chi connectivity index (χ3n) is 4.73. The van der Waals surface area contributed by atoms with Crippen LogP contribution in [0.4, 0.5) is 0 Å². The number of amides is 1. The molecule has 0 aliphatic carbocycles. The van der Waals surface area contributed by atoms with Crippen LogP contribution in [-0.4, -0.2) is 39.8 Å². The number of nitrogens with one attached hydrogen (secondary N) is 1. The van der Waals surface area contributed by atoms with Crippen LogP contribution >= 0.6 is 0 Å². The lowest BCUT2D eigenvalue weighted by atomic mass is 10.0. The fourth-order valence-corrected chi connectivity index (χ4v) is 3.20. The third kappa shape index (κ3) is 4.52. The Labute approximate surface area is 174 Å². The smallest absolute Gasteiger partial charge is 0.251 e. The highest BCUT2D eigenvalue weighted by Crippen LogP contribution is 2.24. The van der Waals surface area contributed by atoms with E-state index in [-0.39, 0.29) is 5.91 Å². The average Bonchev–Trinajstić information content (AvgIpc) is 3.34. The number of carbonyl (C=O) groups excluding carboxylic acids is 1. The maximum absolute atomic E-state index is 12.9. The Bertz CT molecular complexity index is 1130. The molecule has 7 heteroatoms. The van der Waals surface area contributed by atoms with Crippen LogP contribution in [-0.2, 0) is 6.42 Å². The van der Waals surface area contributed by atoms with Gasteiger partial charge < -0.3 is 10.1 Å². The summed E-state index contributed by atoms with van der Waals surface area (Å²) >= 11 is 0. The topological polar surface area (TPSA) is 81.9 Å². The van der Waals surface area contributed by atoms with E-state index in [1.165, 1.54) is 6.33 Å². The Morgan fingerprint density at radius 2 is 1.87 bits per heavy atom. The van der Waals surface area contributed by atoms with Crippen molar-refractivity contribution in [1.82, 2.24) is 25.5 Å². The molecule has 0 saturated heterocycles. The van der Waals surface area contributed by atoms with Gasteiger partial charge in [-0.15, -0.1) is 5.10 Å². The number of carbonyl (C=O) groups is 1. The molecule has 0 atom stereocenters. The highest BCUT2D eigenvalue weighted by molar-refractivity contribution is 5.96. The summed E-state index contributed by atoms with van der Waals surface area (Å²) in [6.07, 6.45) is 2.22. The summed E-state index contributed by atoms with van der Waals surface area (Å²) in [5.74, 6) is 0.658. The van der Waals surface area contributed by atoms with Crippen LogP contribution in [0.25, 0.3) is 16.8 Å². The lowest BCUT2D eigenvalue weighted by Crippen LogP contribution is -2.26. The van der Waals surface area contributed by atoms with E-state index in [0.29, 0.717) is 18.5 Å². The lowest BCUT2D eigenvalue weighted by Gasteiger charge is -2.11. The van der Waals surface area contributed by atoms with Gasteiger partial charge in [-0.2, -0.15) is 0 Å². The molecular weight excluding hydrogens is 378 g/mol. The van der Waals surface area contributed by atoms with Crippen LogP contribution < -0.4 is 10.1 Å². The molecule has 0 unspecified atom stereocenters. The molecule has 4 aromatic rings. The first kappa shape index (κ1) is 19.3. The van der Waals surface area contributed by atoms with Crippen molar-refractivity contribution in [1.29, 1.82) is 0 Å². The predicted octanol–water partition coefficient (Wildman–Crippen LogP) is 3.31. The molecule has 150 valence electrons. The highest BCUT2D eigenvalue weighted by Gasteiger charge is 2.11. The van der Waals surface area contributed by atoms with Crippen molar-refractivity contribution in [2.24, 2.45) is 0 Å². The summed E-state index contributed by atoms with van der Waals surface area (Å²) in [6, 6.07) is 23.3. The van der Waals surface area contributed by atoms with Gasteiger partial charge >= 0.3 is 0 Å². The Morgan fingerprint density at radius 3 is 2.63 bits per heavy atom. The Kier molecular flexibility index (Phi) is 5.80. The molecule has 1 N–H and O–H groups in total. The number of hydrogen-bond donors (Lipinski definition) is 1. The molecule has 30 heavy (non-hydrogen) atoms. The first-order chi connectivity index (χ1) is 14.7. The Hall–Kier alpha value is -4.00. The SMILES string of the molecule is COc1cccc(CCNC(=O)c2cc(-c3ccccc3)cc(-n3cnnn3)c2)c1. The molecule has 1 heterocycles. The van der Waals surface area contributed by atoms with Crippen molar-refractivity contribution in [3.63, 3.8) is 0 Å². The van der Waals surface area contributed by atoms with Crippen LogP contribution in [0.2, 0.25) is 0 Å². The van der Waals surface area contributed by atoms with Crippen LogP contribution in [0.3, 0.4) is 0 Å². The molecule has 1 aromatic heterocycles. The van der Waals surface area contributed by atoms with Gasteiger partial charge in [0.15, 0.2) is 0 Å². The van der Waals surface area contributed by atoms with E-state index in [4.69, 9.17) is 4.74 Å². The molecule has 1 amide bonds. The summed E-state index contributed by atoms with van der Waals surface area (Å²) < 4.78 is 6.79. The minimum absolute atomic E-state index is 0.148. The Morgan fingerprint density at radius 1 is 1.00 bits per heavy atom. The number of benzene rings is 3. The number of rotatable bonds is 7. The average molecular weight is 399 g/mol. The first-order valence-corrected chi connectivity index (χ1v) is 9.58. The van der Waals surface area contributed by atoms with Crippen molar-refractivity contribution < 1.29 is 9.53 Å². The zero-order valence-corrected chi connectivity index (χ0v) is 16.5. The second-order valence-electron chi connectivity index (χ2n) is 6.75. The van der Waals surface area contributed by atoms with E-state index in [1.807, 2.05) is 66.7 Å². The summed E-state index contributed by atoms with van der Waals surface area (Å²) in [5, 5.41) is 14.3. The van der Waals surface area contributed by atoms with Crippen LogP contribution in [0, 0.1) is 0 Å². The molecule has 0 radical (unpaired) electrons.